The molecule has 0 fully saturated rings. The summed E-state index contributed by atoms with van der Waals surface area (Å²) in [6.45, 7) is 1.52. The van der Waals surface area contributed by atoms with Gasteiger partial charge in [-0.1, -0.05) is 52.3 Å². The van der Waals surface area contributed by atoms with Crippen LogP contribution in [0.5, 0.6) is 5.75 Å². The summed E-state index contributed by atoms with van der Waals surface area (Å²) >= 11 is 3.36. The number of sulfonamides is 1. The molecule has 0 radical (unpaired) electrons. The lowest BCUT2D eigenvalue weighted by Crippen LogP contribution is -2.37. The number of amides is 1. The van der Waals surface area contributed by atoms with Crippen LogP contribution < -0.4 is 10.1 Å². The van der Waals surface area contributed by atoms with E-state index in [-0.39, 0.29) is 18.0 Å². The van der Waals surface area contributed by atoms with Gasteiger partial charge in [-0.25, -0.2) is 8.42 Å². The molecule has 0 aliphatic carbocycles. The Kier molecular flexibility index (Phi) is 7.48. The molecule has 0 aliphatic heterocycles. The van der Waals surface area contributed by atoms with Crippen molar-refractivity contribution in [3.63, 3.8) is 0 Å². The summed E-state index contributed by atoms with van der Waals surface area (Å²) in [5, 5.41) is 2.76. The molecule has 8 heteroatoms. The first-order valence-electron chi connectivity index (χ1n) is 9.54. The summed E-state index contributed by atoms with van der Waals surface area (Å²) in [7, 11) is -2.40. The van der Waals surface area contributed by atoms with E-state index in [2.05, 4.69) is 21.2 Å². The molecule has 0 saturated heterocycles. The Morgan fingerprint density at radius 2 is 1.77 bits per heavy atom. The molecule has 0 heterocycles. The van der Waals surface area contributed by atoms with Gasteiger partial charge >= 0.3 is 0 Å². The van der Waals surface area contributed by atoms with Crippen LogP contribution in [0.3, 0.4) is 0 Å². The van der Waals surface area contributed by atoms with Gasteiger partial charge < -0.3 is 10.1 Å². The van der Waals surface area contributed by atoms with Crippen molar-refractivity contribution >= 4 is 37.5 Å². The first-order chi connectivity index (χ1) is 14.8. The Hall–Kier alpha value is -2.68. The Morgan fingerprint density at radius 1 is 1.03 bits per heavy atom. The number of methoxy groups -OCH3 is 1. The summed E-state index contributed by atoms with van der Waals surface area (Å²) in [6, 6.07) is 21.0. The lowest BCUT2D eigenvalue weighted by molar-refractivity contribution is -0.116. The van der Waals surface area contributed by atoms with Crippen LogP contribution in [0.1, 0.15) is 11.1 Å². The quantitative estimate of drug-likeness (QED) is 0.488. The third kappa shape index (κ3) is 5.94. The number of halogens is 1. The monoisotopic (exact) mass is 502 g/mol. The molecule has 3 rings (SSSR count). The Balaban J connectivity index is 1.89. The number of carbonyl (C=O) groups is 1. The number of hydrogen-bond donors (Lipinski definition) is 1. The van der Waals surface area contributed by atoms with Gasteiger partial charge in [0.15, 0.2) is 0 Å². The zero-order valence-electron chi connectivity index (χ0n) is 17.2. The zero-order valence-corrected chi connectivity index (χ0v) is 19.6. The second-order valence-electron chi connectivity index (χ2n) is 6.95. The van der Waals surface area contributed by atoms with Crippen molar-refractivity contribution in [1.82, 2.24) is 4.31 Å². The average Bonchev–Trinajstić information content (AvgIpc) is 2.74. The molecule has 0 unspecified atom stereocenters. The maximum Gasteiger partial charge on any atom is 0.243 e. The second kappa shape index (κ2) is 10.1. The van der Waals surface area contributed by atoms with Crippen LogP contribution in [0, 0.1) is 6.92 Å². The first kappa shape index (κ1) is 23.0. The van der Waals surface area contributed by atoms with Crippen molar-refractivity contribution in [2.24, 2.45) is 0 Å². The fourth-order valence-corrected chi connectivity index (χ4v) is 4.97. The summed E-state index contributed by atoms with van der Waals surface area (Å²) in [6.07, 6.45) is 0. The number of aryl methyl sites for hydroxylation is 1. The number of ether oxygens (including phenoxy) is 1. The van der Waals surface area contributed by atoms with E-state index in [4.69, 9.17) is 4.74 Å². The van der Waals surface area contributed by atoms with Crippen LogP contribution in [0.15, 0.2) is 82.2 Å². The van der Waals surface area contributed by atoms with Gasteiger partial charge in [-0.3, -0.25) is 4.79 Å². The lowest BCUT2D eigenvalue weighted by Gasteiger charge is -2.22. The molecule has 1 amide bonds. The molecule has 0 aliphatic rings. The number of benzene rings is 3. The average molecular weight is 503 g/mol. The molecule has 0 saturated carbocycles. The largest absolute Gasteiger partial charge is 0.496 e. The number of hydrogen-bond acceptors (Lipinski definition) is 4. The molecule has 3 aromatic rings. The van der Waals surface area contributed by atoms with Crippen LogP contribution in [-0.2, 0) is 21.4 Å². The van der Waals surface area contributed by atoms with Crippen LogP contribution in [0.4, 0.5) is 5.69 Å². The number of nitrogens with zero attached hydrogens (tertiary/aromatic N) is 1. The topological polar surface area (TPSA) is 75.7 Å². The molecule has 0 atom stereocenters. The predicted molar refractivity (Wildman–Crippen MR) is 125 cm³/mol. The minimum Gasteiger partial charge on any atom is -0.496 e. The summed E-state index contributed by atoms with van der Waals surface area (Å²) < 4.78 is 34.1. The van der Waals surface area contributed by atoms with Gasteiger partial charge in [0.25, 0.3) is 0 Å². The van der Waals surface area contributed by atoms with Crippen molar-refractivity contribution in [3.8, 4) is 5.75 Å². The molecular weight excluding hydrogens is 480 g/mol. The van der Waals surface area contributed by atoms with Gasteiger partial charge in [0.2, 0.25) is 15.9 Å². The maximum atomic E-state index is 13.4. The van der Waals surface area contributed by atoms with E-state index >= 15 is 0 Å². The van der Waals surface area contributed by atoms with E-state index < -0.39 is 15.9 Å². The normalized spacial score (nSPS) is 11.4. The van der Waals surface area contributed by atoms with Gasteiger partial charge in [0, 0.05) is 16.7 Å². The van der Waals surface area contributed by atoms with Crippen molar-refractivity contribution in [1.29, 1.82) is 0 Å². The van der Waals surface area contributed by atoms with Gasteiger partial charge in [-0.15, -0.1) is 0 Å². The molecule has 1 N–H and O–H groups in total. The summed E-state index contributed by atoms with van der Waals surface area (Å²) in [5.41, 5.74) is 2.06. The Morgan fingerprint density at radius 3 is 2.42 bits per heavy atom. The smallest absolute Gasteiger partial charge is 0.243 e. The summed E-state index contributed by atoms with van der Waals surface area (Å²) in [4.78, 5) is 12.8. The third-order valence-electron chi connectivity index (χ3n) is 4.63. The van der Waals surface area contributed by atoms with Crippen LogP contribution >= 0.6 is 15.9 Å². The SMILES string of the molecule is COc1ccc(S(=O)(=O)N(CC(=O)Nc2cccc(Br)c2)Cc2ccccc2)cc1C. The van der Waals surface area contributed by atoms with Gasteiger partial charge in [0.05, 0.1) is 18.6 Å². The van der Waals surface area contributed by atoms with E-state index in [0.29, 0.717) is 17.0 Å². The molecule has 3 aromatic carbocycles. The fraction of sp³-hybridized carbons (Fsp3) is 0.174. The van der Waals surface area contributed by atoms with Crippen LogP contribution in [0.25, 0.3) is 0 Å². The van der Waals surface area contributed by atoms with Crippen molar-refractivity contribution in [2.45, 2.75) is 18.4 Å². The van der Waals surface area contributed by atoms with Crippen molar-refractivity contribution in [3.05, 3.63) is 88.4 Å². The molecule has 0 aromatic heterocycles. The van der Waals surface area contributed by atoms with Crippen molar-refractivity contribution < 1.29 is 17.9 Å². The highest BCUT2D eigenvalue weighted by atomic mass is 79.9. The highest BCUT2D eigenvalue weighted by Gasteiger charge is 2.27. The van der Waals surface area contributed by atoms with E-state index in [1.54, 1.807) is 37.3 Å². The molecule has 0 spiro atoms. The maximum absolute atomic E-state index is 13.4. The molecular formula is C23H23BrN2O4S. The van der Waals surface area contributed by atoms with Gasteiger partial charge in [0.1, 0.15) is 5.75 Å². The Bertz CT molecular complexity index is 1170. The molecule has 6 nitrogen and oxygen atoms in total. The first-order valence-corrected chi connectivity index (χ1v) is 11.8. The number of rotatable bonds is 8. The molecule has 162 valence electrons. The minimum absolute atomic E-state index is 0.0696. The molecule has 31 heavy (non-hydrogen) atoms. The number of anilines is 1. The predicted octanol–water partition coefficient (Wildman–Crippen LogP) is 4.60. The fourth-order valence-electron chi connectivity index (χ4n) is 3.10. The number of carbonyl (C=O) groups excluding carboxylic acids is 1. The van der Waals surface area contributed by atoms with Gasteiger partial charge in [-0.2, -0.15) is 4.31 Å². The Labute approximate surface area is 191 Å². The molecule has 0 bridgehead atoms. The number of nitrogens with one attached hydrogen (secondary N) is 1. The lowest BCUT2D eigenvalue weighted by atomic mass is 10.2. The van der Waals surface area contributed by atoms with Crippen LogP contribution in [0.2, 0.25) is 0 Å². The highest BCUT2D eigenvalue weighted by molar-refractivity contribution is 9.10. The van der Waals surface area contributed by atoms with Crippen molar-refractivity contribution in [2.75, 3.05) is 19.0 Å². The summed E-state index contributed by atoms with van der Waals surface area (Å²) in [5.74, 6) is 0.170. The standard InChI is InChI=1S/C23H23BrN2O4S/c1-17-13-21(11-12-22(17)30-2)31(28,29)26(15-18-7-4-3-5-8-18)16-23(27)25-20-10-6-9-19(24)14-20/h3-14H,15-16H2,1-2H3,(H,25,27). The highest BCUT2D eigenvalue weighted by Crippen LogP contribution is 2.25. The second-order valence-corrected chi connectivity index (χ2v) is 9.80. The zero-order chi connectivity index (χ0) is 22.4. The van der Waals surface area contributed by atoms with E-state index in [1.807, 2.05) is 36.4 Å². The minimum atomic E-state index is -3.93. The van der Waals surface area contributed by atoms with E-state index in [1.165, 1.54) is 17.5 Å². The van der Waals surface area contributed by atoms with E-state index in [0.717, 1.165) is 10.0 Å². The van der Waals surface area contributed by atoms with Gasteiger partial charge in [-0.05, 0) is 54.4 Å². The third-order valence-corrected chi connectivity index (χ3v) is 6.92. The van der Waals surface area contributed by atoms with Crippen LogP contribution in [-0.4, -0.2) is 32.3 Å². The van der Waals surface area contributed by atoms with E-state index in [9.17, 15) is 13.2 Å².